The maximum absolute atomic E-state index is 11.0. The van der Waals surface area contributed by atoms with Crippen LogP contribution in [0.1, 0.15) is 47.9 Å². The molecule has 0 bridgehead atoms. The van der Waals surface area contributed by atoms with E-state index >= 15 is 0 Å². The largest absolute Gasteiger partial charge is 0.375 e. The average molecular weight is 532 g/mol. The van der Waals surface area contributed by atoms with Crippen molar-refractivity contribution in [3.63, 3.8) is 0 Å². The van der Waals surface area contributed by atoms with Crippen LogP contribution in [0.25, 0.3) is 28.0 Å². The molecule has 2 heterocycles. The minimum absolute atomic E-state index is 0.118. The summed E-state index contributed by atoms with van der Waals surface area (Å²) in [6, 6.07) is 20.6. The van der Waals surface area contributed by atoms with Gasteiger partial charge in [-0.15, -0.1) is 22.7 Å². The second-order valence-electron chi connectivity index (χ2n) is 8.29. The van der Waals surface area contributed by atoms with Crippen LogP contribution in [-0.4, -0.2) is 24.5 Å². The van der Waals surface area contributed by atoms with Gasteiger partial charge in [0, 0.05) is 51.5 Å². The number of allylic oxidation sites excluding steroid dienone is 1. The molecule has 1 aromatic carbocycles. The van der Waals surface area contributed by atoms with Crippen molar-refractivity contribution in [1.29, 1.82) is 10.5 Å². The zero-order chi connectivity index (χ0) is 25.8. The summed E-state index contributed by atoms with van der Waals surface area (Å²) in [5, 5.41) is 18.1. The molecule has 0 aliphatic rings. The van der Waals surface area contributed by atoms with E-state index in [1.165, 1.54) is 40.0 Å². The lowest BCUT2D eigenvalue weighted by atomic mass is 10.1. The molecule has 0 aliphatic carbocycles. The number of nitrogens with zero attached hydrogens (tertiary/aromatic N) is 3. The van der Waals surface area contributed by atoms with Gasteiger partial charge in [0.05, 0.1) is 0 Å². The van der Waals surface area contributed by atoms with E-state index in [9.17, 15) is 4.79 Å². The van der Waals surface area contributed by atoms with E-state index in [4.69, 9.17) is 10.5 Å². The van der Waals surface area contributed by atoms with Crippen LogP contribution in [0.4, 0.5) is 5.69 Å². The van der Waals surface area contributed by atoms with Gasteiger partial charge in [-0.2, -0.15) is 10.5 Å². The summed E-state index contributed by atoms with van der Waals surface area (Å²) in [5.41, 5.74) is 2.50. The first-order chi connectivity index (χ1) is 17.5. The molecule has 184 valence electrons. The number of hydrogen-bond acceptors (Lipinski definition) is 7. The third-order valence-electron chi connectivity index (χ3n) is 5.49. The van der Waals surface area contributed by atoms with Crippen molar-refractivity contribution in [3.8, 4) is 21.9 Å². The van der Waals surface area contributed by atoms with Crippen molar-refractivity contribution in [3.05, 3.63) is 69.4 Å². The first-order valence-electron chi connectivity index (χ1n) is 11.8. The van der Waals surface area contributed by atoms with Crippen LogP contribution in [-0.2, 0) is 4.79 Å². The van der Waals surface area contributed by atoms with Crippen molar-refractivity contribution in [1.82, 2.24) is 0 Å². The Balaban J connectivity index is 1.48. The van der Waals surface area contributed by atoms with E-state index in [0.717, 1.165) is 40.5 Å². The molecule has 0 saturated heterocycles. The fourth-order valence-electron chi connectivity index (χ4n) is 3.54. The Hall–Kier alpha value is -3.10. The zero-order valence-electron chi connectivity index (χ0n) is 20.6. The molecule has 7 heteroatoms. The number of anilines is 1. The molecule has 0 radical (unpaired) electrons. The fraction of sp³-hybridized carbons (Fsp3) is 0.276. The maximum Gasteiger partial charge on any atom is 0.185 e. The highest BCUT2D eigenvalue weighted by molar-refractivity contribution is 8.13. The minimum Gasteiger partial charge on any atom is -0.375 e. The van der Waals surface area contributed by atoms with E-state index < -0.39 is 0 Å². The van der Waals surface area contributed by atoms with Crippen LogP contribution in [0.2, 0.25) is 0 Å². The molecule has 0 saturated carbocycles. The minimum atomic E-state index is 0.118. The highest BCUT2D eigenvalue weighted by Crippen LogP contribution is 2.35. The van der Waals surface area contributed by atoms with Gasteiger partial charge < -0.3 is 4.90 Å². The molecule has 3 aromatic rings. The molecule has 0 N–H and O–H groups in total. The van der Waals surface area contributed by atoms with Crippen molar-refractivity contribution in [2.45, 2.75) is 32.6 Å². The molecule has 4 nitrogen and oxygen atoms in total. The van der Waals surface area contributed by atoms with E-state index in [2.05, 4.69) is 60.5 Å². The molecule has 2 aromatic heterocycles. The van der Waals surface area contributed by atoms with E-state index in [-0.39, 0.29) is 10.7 Å². The van der Waals surface area contributed by atoms with E-state index in [1.54, 1.807) is 35.7 Å². The zero-order valence-corrected chi connectivity index (χ0v) is 23.0. The van der Waals surface area contributed by atoms with Gasteiger partial charge in [0.15, 0.2) is 5.12 Å². The van der Waals surface area contributed by atoms with Gasteiger partial charge in [0.2, 0.25) is 0 Å². The highest BCUT2D eigenvalue weighted by Gasteiger charge is 2.06. The Kier molecular flexibility index (Phi) is 11.0. The first kappa shape index (κ1) is 27.5. The molecule has 3 rings (SSSR count). The van der Waals surface area contributed by atoms with Gasteiger partial charge in [0.25, 0.3) is 0 Å². The quantitative estimate of drug-likeness (QED) is 0.173. The lowest BCUT2D eigenvalue weighted by Gasteiger charge is -2.19. The predicted molar refractivity (Wildman–Crippen MR) is 157 cm³/mol. The Labute approximate surface area is 226 Å². The number of benzene rings is 1. The van der Waals surface area contributed by atoms with Crippen LogP contribution in [0.5, 0.6) is 0 Å². The Morgan fingerprint density at radius 2 is 1.53 bits per heavy atom. The molecule has 0 aliphatic heterocycles. The summed E-state index contributed by atoms with van der Waals surface area (Å²) >= 11 is 4.73. The van der Waals surface area contributed by atoms with Crippen LogP contribution >= 0.6 is 34.4 Å². The van der Waals surface area contributed by atoms with Crippen molar-refractivity contribution in [2.24, 2.45) is 0 Å². The molecule has 36 heavy (non-hydrogen) atoms. The normalized spacial score (nSPS) is 10.7. The van der Waals surface area contributed by atoms with Gasteiger partial charge in [-0.25, -0.2) is 0 Å². The standard InChI is InChI=1S/C29H29N3OS3/c1-22(33)34-18-6-4-3-5-17-32(2)25-10-7-23(8-11-25)9-12-26-13-15-28(35-26)29-16-14-27(36-29)19-24(20-30)21-31/h7-16,19H,3-6,17-18H2,1-2H3/b12-9+. The molecule has 0 spiro atoms. The second kappa shape index (κ2) is 14.5. The van der Waals surface area contributed by atoms with Gasteiger partial charge >= 0.3 is 0 Å². The number of thioether (sulfide) groups is 1. The number of nitriles is 2. The van der Waals surface area contributed by atoms with Crippen LogP contribution < -0.4 is 4.90 Å². The lowest BCUT2D eigenvalue weighted by Crippen LogP contribution is -2.18. The molecule has 0 amide bonds. The lowest BCUT2D eigenvalue weighted by molar-refractivity contribution is -0.109. The summed E-state index contributed by atoms with van der Waals surface area (Å²) in [6.07, 6.45) is 10.5. The van der Waals surface area contributed by atoms with Gasteiger partial charge in [0.1, 0.15) is 17.7 Å². The summed E-state index contributed by atoms with van der Waals surface area (Å²) < 4.78 is 0. The summed E-state index contributed by atoms with van der Waals surface area (Å²) in [5.74, 6) is 0.937. The molecular weight excluding hydrogens is 503 g/mol. The van der Waals surface area contributed by atoms with Crippen molar-refractivity contribution in [2.75, 3.05) is 24.2 Å². The smallest absolute Gasteiger partial charge is 0.185 e. The number of thiophene rings is 2. The Morgan fingerprint density at radius 1 is 0.889 bits per heavy atom. The van der Waals surface area contributed by atoms with E-state index in [1.807, 2.05) is 24.3 Å². The van der Waals surface area contributed by atoms with E-state index in [0.29, 0.717) is 0 Å². The predicted octanol–water partition coefficient (Wildman–Crippen LogP) is 8.35. The number of carbonyl (C=O) groups excluding carboxylic acids is 1. The van der Waals surface area contributed by atoms with Crippen LogP contribution in [0.3, 0.4) is 0 Å². The topological polar surface area (TPSA) is 67.9 Å². The third-order valence-corrected chi connectivity index (χ3v) is 8.67. The monoisotopic (exact) mass is 531 g/mol. The number of hydrogen-bond donors (Lipinski definition) is 0. The number of rotatable bonds is 12. The van der Waals surface area contributed by atoms with Crippen LogP contribution in [0, 0.1) is 22.7 Å². The van der Waals surface area contributed by atoms with Gasteiger partial charge in [-0.1, -0.05) is 42.8 Å². The SMILES string of the molecule is CC(=O)SCCCCCCN(C)c1ccc(/C=C/c2ccc(-c3ccc(C=C(C#N)C#N)s3)s2)cc1. The third kappa shape index (κ3) is 8.84. The maximum atomic E-state index is 11.0. The average Bonchev–Trinajstić information content (AvgIpc) is 3.55. The molecular formula is C29H29N3OS3. The fourth-order valence-corrected chi connectivity index (χ4v) is 6.13. The van der Waals surface area contributed by atoms with Gasteiger partial charge in [-0.3, -0.25) is 4.79 Å². The Bertz CT molecular complexity index is 1270. The second-order valence-corrected chi connectivity index (χ2v) is 11.8. The summed E-state index contributed by atoms with van der Waals surface area (Å²) in [6.45, 7) is 2.66. The van der Waals surface area contributed by atoms with Crippen molar-refractivity contribution < 1.29 is 4.79 Å². The molecule has 0 unspecified atom stereocenters. The van der Waals surface area contributed by atoms with Crippen LogP contribution in [0.15, 0.2) is 54.1 Å². The summed E-state index contributed by atoms with van der Waals surface area (Å²) in [7, 11) is 2.14. The number of carbonyl (C=O) groups is 1. The molecule has 0 fully saturated rings. The van der Waals surface area contributed by atoms with Crippen molar-refractivity contribution >= 4 is 63.5 Å². The first-order valence-corrected chi connectivity index (χ1v) is 14.4. The summed E-state index contributed by atoms with van der Waals surface area (Å²) in [4.78, 5) is 17.6. The number of unbranched alkanes of at least 4 members (excludes halogenated alkanes) is 3. The van der Waals surface area contributed by atoms with Gasteiger partial charge in [-0.05, 0) is 67.0 Å². The Morgan fingerprint density at radius 3 is 2.19 bits per heavy atom. The highest BCUT2D eigenvalue weighted by atomic mass is 32.2. The molecule has 0 atom stereocenters.